The number of amides is 2. The van der Waals surface area contributed by atoms with Crippen LogP contribution in [0, 0.1) is 5.92 Å². The summed E-state index contributed by atoms with van der Waals surface area (Å²) in [4.78, 5) is 24.1. The quantitative estimate of drug-likeness (QED) is 0.725. The summed E-state index contributed by atoms with van der Waals surface area (Å²) in [5, 5.41) is 4.84. The van der Waals surface area contributed by atoms with Crippen molar-refractivity contribution in [2.75, 3.05) is 5.32 Å². The van der Waals surface area contributed by atoms with Gasteiger partial charge in [-0.1, -0.05) is 23.7 Å². The van der Waals surface area contributed by atoms with Crippen LogP contribution in [0.3, 0.4) is 0 Å². The fourth-order valence-corrected chi connectivity index (χ4v) is 2.97. The van der Waals surface area contributed by atoms with Gasteiger partial charge in [-0.15, -0.1) is 0 Å². The van der Waals surface area contributed by atoms with Crippen LogP contribution in [0.1, 0.15) is 12.8 Å². The highest BCUT2D eigenvalue weighted by Gasteiger charge is 2.45. The lowest BCUT2D eigenvalue weighted by Gasteiger charge is -2.29. The number of piperidine rings is 1. The van der Waals surface area contributed by atoms with E-state index in [1.54, 1.807) is 48.5 Å². The number of carbonyl (C=O) groups is 2. The normalized spacial score (nSPS) is 19.6. The number of anilines is 1. The van der Waals surface area contributed by atoms with E-state index in [-0.39, 0.29) is 12.8 Å². The monoisotopic (exact) mass is 412 g/mol. The van der Waals surface area contributed by atoms with Crippen LogP contribution >= 0.6 is 11.6 Å². The number of benzene rings is 2. The Morgan fingerprint density at radius 3 is 2.39 bits per heavy atom. The Labute approximate surface area is 163 Å². The van der Waals surface area contributed by atoms with Crippen LogP contribution in [0.15, 0.2) is 48.5 Å². The molecule has 2 N–H and O–H groups in total. The molecule has 148 valence electrons. The summed E-state index contributed by atoms with van der Waals surface area (Å²) in [5.74, 6) is -1.80. The molecule has 1 aliphatic heterocycles. The van der Waals surface area contributed by atoms with E-state index in [0.29, 0.717) is 22.2 Å². The highest BCUT2D eigenvalue weighted by atomic mass is 35.5. The largest absolute Gasteiger partial charge is 0.456 e. The molecule has 2 aromatic rings. The van der Waals surface area contributed by atoms with Crippen LogP contribution in [0.5, 0.6) is 11.5 Å². The van der Waals surface area contributed by atoms with Crippen molar-refractivity contribution in [3.63, 3.8) is 0 Å². The molecule has 2 aromatic carbocycles. The number of hydrogen-bond donors (Lipinski definition) is 2. The van der Waals surface area contributed by atoms with Gasteiger partial charge in [0.2, 0.25) is 11.8 Å². The molecule has 5 nitrogen and oxygen atoms in total. The van der Waals surface area contributed by atoms with Gasteiger partial charge >= 0.3 is 6.18 Å². The number of ether oxygens (including phenoxy) is 1. The zero-order valence-electron chi connectivity index (χ0n) is 14.4. The molecule has 1 aliphatic rings. The summed E-state index contributed by atoms with van der Waals surface area (Å²) in [7, 11) is 0. The van der Waals surface area contributed by atoms with E-state index in [2.05, 4.69) is 5.32 Å². The maximum absolute atomic E-state index is 12.7. The number of alkyl halides is 3. The van der Waals surface area contributed by atoms with Crippen molar-refractivity contribution in [1.82, 2.24) is 5.32 Å². The Balaban J connectivity index is 1.59. The fourth-order valence-electron chi connectivity index (χ4n) is 2.79. The molecule has 0 spiro atoms. The second kappa shape index (κ2) is 8.10. The third-order valence-electron chi connectivity index (χ3n) is 4.27. The SMILES string of the molecule is O=C(Nc1ccc(Oc2ccccc2Cl)cc1)[C@H]1CC[C@H](C(F)(F)F)NC1=O. The first-order valence-electron chi connectivity index (χ1n) is 8.44. The van der Waals surface area contributed by atoms with Gasteiger partial charge in [0.15, 0.2) is 0 Å². The predicted octanol–water partition coefficient (Wildman–Crippen LogP) is 4.53. The number of rotatable bonds is 4. The van der Waals surface area contributed by atoms with Gasteiger partial charge in [0.05, 0.1) is 5.02 Å². The van der Waals surface area contributed by atoms with Gasteiger partial charge < -0.3 is 15.4 Å². The van der Waals surface area contributed by atoms with E-state index in [0.717, 1.165) is 0 Å². The smallest absolute Gasteiger partial charge is 0.408 e. The van der Waals surface area contributed by atoms with Crippen LogP contribution in [0.2, 0.25) is 5.02 Å². The van der Waals surface area contributed by atoms with Crippen molar-refractivity contribution in [1.29, 1.82) is 0 Å². The number of para-hydroxylation sites is 1. The summed E-state index contributed by atoms with van der Waals surface area (Å²) >= 11 is 6.02. The lowest BCUT2D eigenvalue weighted by Crippen LogP contribution is -2.53. The van der Waals surface area contributed by atoms with Crippen molar-refractivity contribution < 1.29 is 27.5 Å². The van der Waals surface area contributed by atoms with Crippen LogP contribution in [0.25, 0.3) is 0 Å². The minimum atomic E-state index is -4.52. The summed E-state index contributed by atoms with van der Waals surface area (Å²) in [6.45, 7) is 0. The molecule has 28 heavy (non-hydrogen) atoms. The van der Waals surface area contributed by atoms with Crippen LogP contribution < -0.4 is 15.4 Å². The predicted molar refractivity (Wildman–Crippen MR) is 97.3 cm³/mol. The number of carbonyl (C=O) groups excluding carboxylic acids is 2. The van der Waals surface area contributed by atoms with E-state index in [4.69, 9.17) is 16.3 Å². The molecule has 9 heteroatoms. The van der Waals surface area contributed by atoms with Crippen molar-refractivity contribution in [3.8, 4) is 11.5 Å². The first kappa shape index (κ1) is 20.0. The van der Waals surface area contributed by atoms with E-state index in [1.807, 2.05) is 5.32 Å². The van der Waals surface area contributed by atoms with Gasteiger partial charge in [0.1, 0.15) is 23.5 Å². The average molecular weight is 413 g/mol. The molecule has 1 heterocycles. The first-order chi connectivity index (χ1) is 13.2. The van der Waals surface area contributed by atoms with Gasteiger partial charge in [-0.05, 0) is 49.2 Å². The number of nitrogens with one attached hydrogen (secondary N) is 2. The highest BCUT2D eigenvalue weighted by molar-refractivity contribution is 6.32. The fraction of sp³-hybridized carbons (Fsp3) is 0.263. The first-order valence-corrected chi connectivity index (χ1v) is 8.82. The van der Waals surface area contributed by atoms with E-state index in [1.165, 1.54) is 0 Å². The molecule has 0 unspecified atom stereocenters. The molecule has 3 rings (SSSR count). The third kappa shape index (κ3) is 4.75. The third-order valence-corrected chi connectivity index (χ3v) is 4.59. The molecular formula is C19H16ClF3N2O3. The molecule has 0 aromatic heterocycles. The van der Waals surface area contributed by atoms with E-state index >= 15 is 0 Å². The summed E-state index contributed by atoms with van der Waals surface area (Å²) < 4.78 is 43.7. The molecular weight excluding hydrogens is 397 g/mol. The van der Waals surface area contributed by atoms with Crippen LogP contribution in [-0.4, -0.2) is 24.0 Å². The van der Waals surface area contributed by atoms with Crippen LogP contribution in [-0.2, 0) is 9.59 Å². The molecule has 2 atom stereocenters. The van der Waals surface area contributed by atoms with Crippen molar-refractivity contribution in [3.05, 3.63) is 53.6 Å². The number of hydrogen-bond acceptors (Lipinski definition) is 3. The minimum Gasteiger partial charge on any atom is -0.456 e. The van der Waals surface area contributed by atoms with Gasteiger partial charge in [-0.3, -0.25) is 9.59 Å². The Morgan fingerprint density at radius 1 is 1.11 bits per heavy atom. The summed E-state index contributed by atoms with van der Waals surface area (Å²) in [5.41, 5.74) is 0.391. The Morgan fingerprint density at radius 2 is 1.79 bits per heavy atom. The van der Waals surface area contributed by atoms with Crippen LogP contribution in [0.4, 0.5) is 18.9 Å². The van der Waals surface area contributed by atoms with Crippen molar-refractivity contribution >= 4 is 29.1 Å². The zero-order chi connectivity index (χ0) is 20.3. The number of halogens is 4. The summed E-state index contributed by atoms with van der Waals surface area (Å²) in [6.07, 6.45) is -5.03. The molecule has 1 fully saturated rings. The second-order valence-electron chi connectivity index (χ2n) is 6.28. The Bertz CT molecular complexity index is 871. The Hall–Kier alpha value is -2.74. The molecule has 0 bridgehead atoms. The molecule has 0 saturated carbocycles. The van der Waals surface area contributed by atoms with Gasteiger partial charge in [0.25, 0.3) is 0 Å². The van der Waals surface area contributed by atoms with Gasteiger partial charge in [0, 0.05) is 5.69 Å². The zero-order valence-corrected chi connectivity index (χ0v) is 15.2. The van der Waals surface area contributed by atoms with E-state index < -0.39 is 30.0 Å². The average Bonchev–Trinajstić information content (AvgIpc) is 2.64. The van der Waals surface area contributed by atoms with Gasteiger partial charge in [-0.25, -0.2) is 0 Å². The van der Waals surface area contributed by atoms with Crippen molar-refractivity contribution in [2.24, 2.45) is 5.92 Å². The molecule has 0 aliphatic carbocycles. The lowest BCUT2D eigenvalue weighted by molar-refractivity contribution is -0.170. The topological polar surface area (TPSA) is 67.4 Å². The Kier molecular flexibility index (Phi) is 5.79. The highest BCUT2D eigenvalue weighted by Crippen LogP contribution is 2.31. The lowest BCUT2D eigenvalue weighted by atomic mass is 9.92. The second-order valence-corrected chi connectivity index (χ2v) is 6.69. The summed E-state index contributed by atoms with van der Waals surface area (Å²) in [6, 6.07) is 11.3. The molecule has 0 radical (unpaired) electrons. The molecule has 2 amide bonds. The standard InChI is InChI=1S/C19H16ClF3N2O3/c20-14-3-1-2-4-15(14)28-12-7-5-11(6-8-12)24-17(26)13-9-10-16(19(21,22)23)25-18(13)27/h1-8,13,16H,9-10H2,(H,24,26)(H,25,27)/t13-,16-/m1/s1. The molecule has 1 saturated heterocycles. The van der Waals surface area contributed by atoms with Crippen molar-refractivity contribution in [2.45, 2.75) is 25.1 Å². The van der Waals surface area contributed by atoms with Gasteiger partial charge in [-0.2, -0.15) is 13.2 Å². The maximum atomic E-state index is 12.7. The minimum absolute atomic E-state index is 0.171. The van der Waals surface area contributed by atoms with E-state index in [9.17, 15) is 22.8 Å². The maximum Gasteiger partial charge on any atom is 0.408 e.